The van der Waals surface area contributed by atoms with Crippen LogP contribution in [0, 0.1) is 5.41 Å². The van der Waals surface area contributed by atoms with E-state index in [4.69, 9.17) is 4.74 Å². The van der Waals surface area contributed by atoms with Crippen LogP contribution in [0.2, 0.25) is 0 Å². The van der Waals surface area contributed by atoms with Crippen molar-refractivity contribution in [1.29, 1.82) is 0 Å². The molecule has 1 saturated heterocycles. The molecule has 1 fully saturated rings. The first kappa shape index (κ1) is 18.0. The molecule has 0 bridgehead atoms. The Kier molecular flexibility index (Phi) is 6.20. The number of carbonyl (C=O) groups excluding carboxylic acids is 2. The molecular formula is C16H30N2O3. The third-order valence-electron chi connectivity index (χ3n) is 3.76. The lowest BCUT2D eigenvalue weighted by atomic mass is 9.86. The van der Waals surface area contributed by atoms with Gasteiger partial charge in [0.1, 0.15) is 11.9 Å². The van der Waals surface area contributed by atoms with Crippen molar-refractivity contribution in [2.75, 3.05) is 32.7 Å². The zero-order valence-electron chi connectivity index (χ0n) is 14.1. The van der Waals surface area contributed by atoms with Gasteiger partial charge in [-0.25, -0.2) is 4.79 Å². The van der Waals surface area contributed by atoms with Crippen LogP contribution in [0.4, 0.5) is 4.79 Å². The highest BCUT2D eigenvalue weighted by atomic mass is 16.6. The van der Waals surface area contributed by atoms with Crippen molar-refractivity contribution in [2.24, 2.45) is 5.41 Å². The average Bonchev–Trinajstić information content (AvgIpc) is 2.35. The fourth-order valence-corrected chi connectivity index (χ4v) is 2.27. The summed E-state index contributed by atoms with van der Waals surface area (Å²) in [5.74, 6) is 0. The predicted molar refractivity (Wildman–Crippen MR) is 83.3 cm³/mol. The Balaban J connectivity index is 2.32. The van der Waals surface area contributed by atoms with E-state index in [0.717, 1.165) is 32.3 Å². The standard InChI is InChI=1S/C16H30N2O3/c1-15(2,3)21-14(20)18-11-9-17(10-12-18)8-6-16(4,5)7-13-19/h13H,6-12H2,1-5H3. The van der Waals surface area contributed by atoms with Crippen LogP contribution in [0.25, 0.3) is 0 Å². The highest BCUT2D eigenvalue weighted by Crippen LogP contribution is 2.24. The van der Waals surface area contributed by atoms with E-state index in [1.54, 1.807) is 4.90 Å². The summed E-state index contributed by atoms with van der Waals surface area (Å²) in [7, 11) is 0. The molecule has 0 radical (unpaired) electrons. The first-order valence-corrected chi connectivity index (χ1v) is 7.77. The number of aldehydes is 1. The third-order valence-corrected chi connectivity index (χ3v) is 3.76. The van der Waals surface area contributed by atoms with Crippen LogP contribution in [-0.2, 0) is 9.53 Å². The van der Waals surface area contributed by atoms with Gasteiger partial charge in [0.15, 0.2) is 0 Å². The van der Waals surface area contributed by atoms with Gasteiger partial charge in [-0.15, -0.1) is 0 Å². The smallest absolute Gasteiger partial charge is 0.410 e. The Morgan fingerprint density at radius 2 is 1.67 bits per heavy atom. The maximum absolute atomic E-state index is 12.0. The Bertz CT molecular complexity index is 353. The van der Waals surface area contributed by atoms with E-state index < -0.39 is 5.60 Å². The van der Waals surface area contributed by atoms with Crippen molar-refractivity contribution >= 4 is 12.4 Å². The van der Waals surface area contributed by atoms with Crippen molar-refractivity contribution in [3.63, 3.8) is 0 Å². The van der Waals surface area contributed by atoms with Gasteiger partial charge in [-0.05, 0) is 39.2 Å². The Labute approximate surface area is 128 Å². The molecule has 5 nitrogen and oxygen atoms in total. The average molecular weight is 298 g/mol. The quantitative estimate of drug-likeness (QED) is 0.732. The second-order valence-electron chi connectivity index (χ2n) is 7.59. The molecule has 0 aromatic heterocycles. The monoisotopic (exact) mass is 298 g/mol. The third kappa shape index (κ3) is 6.93. The molecule has 0 aliphatic carbocycles. The summed E-state index contributed by atoms with van der Waals surface area (Å²) in [6.07, 6.45) is 2.38. The second kappa shape index (κ2) is 7.25. The summed E-state index contributed by atoms with van der Waals surface area (Å²) >= 11 is 0. The lowest BCUT2D eigenvalue weighted by Gasteiger charge is -2.36. The Morgan fingerprint density at radius 3 is 2.14 bits per heavy atom. The topological polar surface area (TPSA) is 49.9 Å². The van der Waals surface area contributed by atoms with Crippen molar-refractivity contribution in [2.45, 2.75) is 53.1 Å². The van der Waals surface area contributed by atoms with Gasteiger partial charge < -0.3 is 14.4 Å². The lowest BCUT2D eigenvalue weighted by Crippen LogP contribution is -2.50. The number of amides is 1. The van der Waals surface area contributed by atoms with Crippen LogP contribution in [0.15, 0.2) is 0 Å². The van der Waals surface area contributed by atoms with E-state index in [9.17, 15) is 9.59 Å². The van der Waals surface area contributed by atoms with Gasteiger partial charge in [0.05, 0.1) is 0 Å². The fourth-order valence-electron chi connectivity index (χ4n) is 2.27. The van der Waals surface area contributed by atoms with Crippen LogP contribution in [-0.4, -0.2) is 60.5 Å². The summed E-state index contributed by atoms with van der Waals surface area (Å²) in [6.45, 7) is 14.0. The number of piperazine rings is 1. The SMILES string of the molecule is CC(C)(CC=O)CCN1CCN(C(=O)OC(C)(C)C)CC1. The maximum Gasteiger partial charge on any atom is 0.410 e. The molecule has 21 heavy (non-hydrogen) atoms. The molecule has 0 aromatic rings. The van der Waals surface area contributed by atoms with Crippen LogP contribution < -0.4 is 0 Å². The van der Waals surface area contributed by atoms with Gasteiger partial charge in [-0.2, -0.15) is 0 Å². The molecule has 0 spiro atoms. The number of hydrogen-bond donors (Lipinski definition) is 0. The largest absolute Gasteiger partial charge is 0.444 e. The molecule has 1 aliphatic rings. The zero-order chi connectivity index (χ0) is 16.1. The number of hydrogen-bond acceptors (Lipinski definition) is 4. The van der Waals surface area contributed by atoms with E-state index in [1.807, 2.05) is 20.8 Å². The van der Waals surface area contributed by atoms with E-state index in [0.29, 0.717) is 19.5 Å². The maximum atomic E-state index is 12.0. The van der Waals surface area contributed by atoms with Gasteiger partial charge in [0, 0.05) is 32.6 Å². The van der Waals surface area contributed by atoms with Crippen LogP contribution in [0.3, 0.4) is 0 Å². The molecule has 122 valence electrons. The van der Waals surface area contributed by atoms with Crippen LogP contribution in [0.1, 0.15) is 47.5 Å². The Morgan fingerprint density at radius 1 is 1.10 bits per heavy atom. The first-order chi connectivity index (χ1) is 9.63. The van der Waals surface area contributed by atoms with E-state index >= 15 is 0 Å². The minimum atomic E-state index is -0.437. The summed E-state index contributed by atoms with van der Waals surface area (Å²) in [4.78, 5) is 26.7. The minimum Gasteiger partial charge on any atom is -0.444 e. The summed E-state index contributed by atoms with van der Waals surface area (Å²) in [6, 6.07) is 0. The molecule has 1 aliphatic heterocycles. The fraction of sp³-hybridized carbons (Fsp3) is 0.875. The Hall–Kier alpha value is -1.10. The van der Waals surface area contributed by atoms with Crippen molar-refractivity contribution in [3.05, 3.63) is 0 Å². The van der Waals surface area contributed by atoms with Crippen molar-refractivity contribution < 1.29 is 14.3 Å². The molecule has 0 N–H and O–H groups in total. The molecule has 1 amide bonds. The predicted octanol–water partition coefficient (Wildman–Crippen LogP) is 2.54. The number of nitrogens with zero attached hydrogens (tertiary/aromatic N) is 2. The highest BCUT2D eigenvalue weighted by molar-refractivity contribution is 5.68. The molecule has 0 saturated carbocycles. The molecule has 1 heterocycles. The minimum absolute atomic E-state index is 0.0596. The number of carbonyl (C=O) groups is 2. The zero-order valence-corrected chi connectivity index (χ0v) is 14.1. The van der Waals surface area contributed by atoms with E-state index in [-0.39, 0.29) is 11.5 Å². The molecule has 0 aromatic carbocycles. The van der Waals surface area contributed by atoms with Crippen molar-refractivity contribution in [3.8, 4) is 0 Å². The van der Waals surface area contributed by atoms with Gasteiger partial charge >= 0.3 is 6.09 Å². The molecular weight excluding hydrogens is 268 g/mol. The molecule has 1 rings (SSSR count). The summed E-state index contributed by atoms with van der Waals surface area (Å²) in [5, 5.41) is 0. The van der Waals surface area contributed by atoms with E-state index in [1.165, 1.54) is 0 Å². The number of ether oxygens (including phenoxy) is 1. The van der Waals surface area contributed by atoms with Gasteiger partial charge in [0.2, 0.25) is 0 Å². The summed E-state index contributed by atoms with van der Waals surface area (Å²) < 4.78 is 5.39. The van der Waals surface area contributed by atoms with Gasteiger partial charge in [-0.3, -0.25) is 4.90 Å². The normalized spacial score (nSPS) is 17.7. The molecule has 5 heteroatoms. The molecule has 0 atom stereocenters. The van der Waals surface area contributed by atoms with E-state index in [2.05, 4.69) is 18.7 Å². The first-order valence-electron chi connectivity index (χ1n) is 7.77. The van der Waals surface area contributed by atoms with Crippen molar-refractivity contribution in [1.82, 2.24) is 9.80 Å². The molecule has 0 unspecified atom stereocenters. The highest BCUT2D eigenvalue weighted by Gasteiger charge is 2.26. The van der Waals surface area contributed by atoms with Gasteiger partial charge in [-0.1, -0.05) is 13.8 Å². The lowest BCUT2D eigenvalue weighted by molar-refractivity contribution is -0.109. The summed E-state index contributed by atoms with van der Waals surface area (Å²) in [5.41, 5.74) is -0.378. The number of rotatable bonds is 5. The van der Waals surface area contributed by atoms with Gasteiger partial charge in [0.25, 0.3) is 0 Å². The van der Waals surface area contributed by atoms with Crippen LogP contribution >= 0.6 is 0 Å². The van der Waals surface area contributed by atoms with Crippen LogP contribution in [0.5, 0.6) is 0 Å². The second-order valence-corrected chi connectivity index (χ2v) is 7.59.